The molecule has 17 heavy (non-hydrogen) atoms. The predicted molar refractivity (Wildman–Crippen MR) is 64.7 cm³/mol. The van der Waals surface area contributed by atoms with Crippen LogP contribution in [0.15, 0.2) is 18.2 Å². The first-order valence-electron chi connectivity index (χ1n) is 5.53. The fraction of sp³-hybridized carbons (Fsp3) is 0.417. The quantitative estimate of drug-likeness (QED) is 0.840. The van der Waals surface area contributed by atoms with Crippen molar-refractivity contribution >= 4 is 11.7 Å². The normalized spacial score (nSPS) is 14.0. The number of amides is 2. The zero-order chi connectivity index (χ0) is 12.3. The van der Waals surface area contributed by atoms with Gasteiger partial charge in [-0.05, 0) is 25.0 Å². The van der Waals surface area contributed by atoms with Crippen molar-refractivity contribution in [2.24, 2.45) is 0 Å². The molecular formula is C12H16N2O3. The summed E-state index contributed by atoms with van der Waals surface area (Å²) in [5.74, 6) is 1.16. The third kappa shape index (κ3) is 2.81. The van der Waals surface area contributed by atoms with E-state index < -0.39 is 0 Å². The van der Waals surface area contributed by atoms with Gasteiger partial charge in [-0.1, -0.05) is 6.07 Å². The first kappa shape index (κ1) is 11.6. The van der Waals surface area contributed by atoms with Crippen LogP contribution < -0.4 is 20.1 Å². The summed E-state index contributed by atoms with van der Waals surface area (Å²) in [4.78, 5) is 11.7. The lowest BCUT2D eigenvalue weighted by Gasteiger charge is -2.14. The van der Waals surface area contributed by atoms with E-state index in [1.807, 2.05) is 6.07 Å². The van der Waals surface area contributed by atoms with E-state index in [-0.39, 0.29) is 6.03 Å². The molecule has 92 valence electrons. The van der Waals surface area contributed by atoms with Crippen LogP contribution in [0.25, 0.3) is 0 Å². The zero-order valence-electron chi connectivity index (χ0n) is 9.95. The van der Waals surface area contributed by atoms with Crippen LogP contribution in [0.3, 0.4) is 0 Å². The van der Waals surface area contributed by atoms with Crippen LogP contribution in [0.5, 0.6) is 11.5 Å². The van der Waals surface area contributed by atoms with Gasteiger partial charge in [0.25, 0.3) is 0 Å². The second-order valence-electron chi connectivity index (χ2n) is 3.91. The van der Waals surface area contributed by atoms with Gasteiger partial charge in [0.15, 0.2) is 0 Å². The lowest BCUT2D eigenvalue weighted by molar-refractivity contribution is 0.251. The average Bonchev–Trinajstić information content (AvgIpc) is 3.13. The molecule has 1 aliphatic rings. The Hall–Kier alpha value is -1.91. The summed E-state index contributed by atoms with van der Waals surface area (Å²) in [5.41, 5.74) is 0.552. The molecule has 5 heteroatoms. The number of rotatable bonds is 4. The molecule has 1 aromatic carbocycles. The van der Waals surface area contributed by atoms with Gasteiger partial charge < -0.3 is 20.1 Å². The maximum atomic E-state index is 11.7. The first-order chi connectivity index (χ1) is 8.24. The summed E-state index contributed by atoms with van der Waals surface area (Å²) in [6, 6.07) is 5.44. The molecule has 1 saturated carbocycles. The monoisotopic (exact) mass is 236 g/mol. The van der Waals surface area contributed by atoms with Crippen molar-refractivity contribution in [3.05, 3.63) is 18.2 Å². The van der Waals surface area contributed by atoms with Crippen LogP contribution in [0.2, 0.25) is 0 Å². The Morgan fingerprint density at radius 1 is 1.24 bits per heavy atom. The van der Waals surface area contributed by atoms with Crippen LogP contribution in [-0.4, -0.2) is 26.3 Å². The van der Waals surface area contributed by atoms with E-state index in [1.165, 1.54) is 0 Å². The standard InChI is InChI=1S/C12H16N2O3/c1-16-9-4-3-5-10(17-2)11(9)14-12(15)13-8-6-7-8/h3-5,8H,6-7H2,1-2H3,(H2,13,14,15). The van der Waals surface area contributed by atoms with E-state index in [1.54, 1.807) is 26.4 Å². The van der Waals surface area contributed by atoms with E-state index >= 15 is 0 Å². The Bertz CT molecular complexity index is 394. The van der Waals surface area contributed by atoms with Crippen LogP contribution in [0.4, 0.5) is 10.5 Å². The van der Waals surface area contributed by atoms with Crippen molar-refractivity contribution < 1.29 is 14.3 Å². The summed E-state index contributed by atoms with van der Waals surface area (Å²) in [5, 5.41) is 5.60. The second-order valence-corrected chi connectivity index (χ2v) is 3.91. The SMILES string of the molecule is COc1cccc(OC)c1NC(=O)NC1CC1. The molecule has 0 heterocycles. The lowest BCUT2D eigenvalue weighted by atomic mass is 10.2. The highest BCUT2D eigenvalue weighted by molar-refractivity contribution is 5.93. The molecule has 2 amide bonds. The predicted octanol–water partition coefficient (Wildman–Crippen LogP) is 1.99. The summed E-state index contributed by atoms with van der Waals surface area (Å²) in [7, 11) is 3.11. The summed E-state index contributed by atoms with van der Waals surface area (Å²) >= 11 is 0. The Morgan fingerprint density at radius 3 is 2.29 bits per heavy atom. The van der Waals surface area contributed by atoms with Crippen LogP contribution >= 0.6 is 0 Å². The van der Waals surface area contributed by atoms with Crippen LogP contribution in [-0.2, 0) is 0 Å². The van der Waals surface area contributed by atoms with Gasteiger partial charge in [-0.15, -0.1) is 0 Å². The van der Waals surface area contributed by atoms with Gasteiger partial charge in [0.2, 0.25) is 0 Å². The Morgan fingerprint density at radius 2 is 1.82 bits per heavy atom. The minimum atomic E-state index is -0.227. The van der Waals surface area contributed by atoms with Crippen molar-refractivity contribution in [1.29, 1.82) is 0 Å². The molecule has 1 aromatic rings. The first-order valence-corrected chi connectivity index (χ1v) is 5.53. The third-order valence-corrected chi connectivity index (χ3v) is 2.58. The zero-order valence-corrected chi connectivity index (χ0v) is 9.95. The van der Waals surface area contributed by atoms with Gasteiger partial charge in [-0.3, -0.25) is 0 Å². The minimum Gasteiger partial charge on any atom is -0.494 e. The Labute approximate surface area is 100 Å². The molecule has 0 bridgehead atoms. The molecule has 0 aliphatic heterocycles. The Balaban J connectivity index is 2.13. The van der Waals surface area contributed by atoms with Crippen molar-refractivity contribution in [1.82, 2.24) is 5.32 Å². The van der Waals surface area contributed by atoms with Crippen LogP contribution in [0, 0.1) is 0 Å². The number of hydrogen-bond acceptors (Lipinski definition) is 3. The number of para-hydroxylation sites is 1. The molecule has 2 N–H and O–H groups in total. The third-order valence-electron chi connectivity index (χ3n) is 2.58. The maximum absolute atomic E-state index is 11.7. The molecule has 0 unspecified atom stereocenters. The van der Waals surface area contributed by atoms with Crippen molar-refractivity contribution in [2.75, 3.05) is 19.5 Å². The van der Waals surface area contributed by atoms with E-state index in [0.29, 0.717) is 23.2 Å². The van der Waals surface area contributed by atoms with E-state index in [0.717, 1.165) is 12.8 Å². The van der Waals surface area contributed by atoms with Gasteiger partial charge >= 0.3 is 6.03 Å². The topological polar surface area (TPSA) is 59.6 Å². The molecule has 0 spiro atoms. The maximum Gasteiger partial charge on any atom is 0.319 e. The molecule has 0 saturated heterocycles. The van der Waals surface area contributed by atoms with Crippen molar-refractivity contribution in [3.63, 3.8) is 0 Å². The van der Waals surface area contributed by atoms with Crippen molar-refractivity contribution in [2.45, 2.75) is 18.9 Å². The largest absolute Gasteiger partial charge is 0.494 e. The Kier molecular flexibility index (Phi) is 3.37. The van der Waals surface area contributed by atoms with Crippen molar-refractivity contribution in [3.8, 4) is 11.5 Å². The molecule has 2 rings (SSSR count). The minimum absolute atomic E-state index is 0.227. The molecule has 5 nitrogen and oxygen atoms in total. The van der Waals surface area contributed by atoms with E-state index in [2.05, 4.69) is 10.6 Å². The number of hydrogen-bond donors (Lipinski definition) is 2. The number of anilines is 1. The molecule has 0 atom stereocenters. The highest BCUT2D eigenvalue weighted by Crippen LogP contribution is 2.34. The summed E-state index contributed by atoms with van der Waals surface area (Å²) in [6.45, 7) is 0. The molecule has 0 aromatic heterocycles. The highest BCUT2D eigenvalue weighted by atomic mass is 16.5. The van der Waals surface area contributed by atoms with Gasteiger partial charge in [0.05, 0.1) is 14.2 Å². The average molecular weight is 236 g/mol. The van der Waals surface area contributed by atoms with Gasteiger partial charge in [-0.2, -0.15) is 0 Å². The number of urea groups is 1. The number of benzene rings is 1. The summed E-state index contributed by atoms with van der Waals surface area (Å²) in [6.07, 6.45) is 2.10. The fourth-order valence-corrected chi connectivity index (χ4v) is 1.54. The number of carbonyl (C=O) groups excluding carboxylic acids is 1. The summed E-state index contributed by atoms with van der Waals surface area (Å²) < 4.78 is 10.4. The van der Waals surface area contributed by atoms with Crippen LogP contribution in [0.1, 0.15) is 12.8 Å². The van der Waals surface area contributed by atoms with E-state index in [9.17, 15) is 4.79 Å². The lowest BCUT2D eigenvalue weighted by Crippen LogP contribution is -2.30. The molecule has 0 radical (unpaired) electrons. The fourth-order valence-electron chi connectivity index (χ4n) is 1.54. The molecule has 1 aliphatic carbocycles. The number of ether oxygens (including phenoxy) is 2. The van der Waals surface area contributed by atoms with Gasteiger partial charge in [0, 0.05) is 6.04 Å². The smallest absolute Gasteiger partial charge is 0.319 e. The number of carbonyl (C=O) groups is 1. The highest BCUT2D eigenvalue weighted by Gasteiger charge is 2.24. The second kappa shape index (κ2) is 4.95. The van der Waals surface area contributed by atoms with E-state index in [4.69, 9.17) is 9.47 Å². The molecular weight excluding hydrogens is 220 g/mol. The number of methoxy groups -OCH3 is 2. The molecule has 1 fully saturated rings. The number of nitrogens with one attached hydrogen (secondary N) is 2. The van der Waals surface area contributed by atoms with Gasteiger partial charge in [0.1, 0.15) is 17.2 Å². The van der Waals surface area contributed by atoms with Gasteiger partial charge in [-0.25, -0.2) is 4.79 Å².